The van der Waals surface area contributed by atoms with Crippen molar-refractivity contribution in [3.8, 4) is 0 Å². The van der Waals surface area contributed by atoms with E-state index in [4.69, 9.17) is 16.2 Å². The summed E-state index contributed by atoms with van der Waals surface area (Å²) in [7, 11) is 0. The van der Waals surface area contributed by atoms with Crippen LogP contribution in [0.15, 0.2) is 0 Å². The van der Waals surface area contributed by atoms with Gasteiger partial charge in [-0.25, -0.2) is 0 Å². The Labute approximate surface area is 82.7 Å². The molecule has 0 aromatic carbocycles. The van der Waals surface area contributed by atoms with Crippen LogP contribution in [0.25, 0.3) is 0 Å². The van der Waals surface area contributed by atoms with Crippen LogP contribution in [0, 0.1) is 0 Å². The summed E-state index contributed by atoms with van der Waals surface area (Å²) in [6, 6.07) is 0. The van der Waals surface area contributed by atoms with Crippen molar-refractivity contribution in [1.29, 1.82) is 0 Å². The molecule has 0 aliphatic carbocycles. The first-order chi connectivity index (χ1) is 6.37. The lowest BCUT2D eigenvalue weighted by Gasteiger charge is -2.18. The van der Waals surface area contributed by atoms with E-state index in [1.807, 2.05) is 20.8 Å². The molecule has 0 amide bonds. The van der Waals surface area contributed by atoms with Crippen LogP contribution in [0.1, 0.15) is 26.6 Å². The second-order valence-corrected chi connectivity index (χ2v) is 3.87. The monoisotopic (exact) mass is 197 g/mol. The molecule has 78 valence electrons. The Hall–Kier alpha value is -1.43. The summed E-state index contributed by atoms with van der Waals surface area (Å²) in [5.74, 6) is 0.681. The maximum atomic E-state index is 5.46. The van der Waals surface area contributed by atoms with E-state index in [1.165, 1.54) is 0 Å². The normalized spacial score (nSPS) is 11.6. The lowest BCUT2D eigenvalue weighted by atomic mass is 10.2. The largest absolute Gasteiger partial charge is 0.368 e. The molecule has 1 aromatic heterocycles. The fraction of sp³-hybridized carbons (Fsp3) is 0.625. The quantitative estimate of drug-likeness (QED) is 0.709. The summed E-state index contributed by atoms with van der Waals surface area (Å²) in [5, 5.41) is 0. The maximum absolute atomic E-state index is 5.46. The zero-order valence-electron chi connectivity index (χ0n) is 8.61. The predicted molar refractivity (Wildman–Crippen MR) is 53.2 cm³/mol. The number of anilines is 2. The van der Waals surface area contributed by atoms with Crippen LogP contribution >= 0.6 is 0 Å². The number of aromatic nitrogens is 3. The van der Waals surface area contributed by atoms with Gasteiger partial charge in [-0.05, 0) is 20.8 Å². The fourth-order valence-corrected chi connectivity index (χ4v) is 0.802. The first-order valence-electron chi connectivity index (χ1n) is 4.27. The average molecular weight is 197 g/mol. The minimum Gasteiger partial charge on any atom is -0.368 e. The Bertz CT molecular complexity index is 300. The second-order valence-electron chi connectivity index (χ2n) is 3.87. The molecule has 1 aromatic rings. The van der Waals surface area contributed by atoms with Crippen LogP contribution in [0.4, 0.5) is 11.9 Å². The van der Waals surface area contributed by atoms with Crippen molar-refractivity contribution in [2.45, 2.75) is 33.0 Å². The summed E-state index contributed by atoms with van der Waals surface area (Å²) < 4.78 is 5.46. The Kier molecular flexibility index (Phi) is 2.85. The molecular formula is C8H15N5O. The molecule has 0 aliphatic heterocycles. The van der Waals surface area contributed by atoms with Crippen LogP contribution in [0.3, 0.4) is 0 Å². The van der Waals surface area contributed by atoms with Crippen LogP contribution in [-0.2, 0) is 11.3 Å². The second kappa shape index (κ2) is 3.75. The van der Waals surface area contributed by atoms with E-state index in [0.717, 1.165) is 0 Å². The molecule has 0 saturated heterocycles. The molecule has 14 heavy (non-hydrogen) atoms. The standard InChI is InChI=1S/C8H15N5O/c1-8(2,3)14-4-5-11-6(9)13-7(10)12-5/h4H2,1-3H3,(H4,9,10,11,12,13). The Balaban J connectivity index is 2.68. The number of nitrogens with two attached hydrogens (primary N) is 2. The topological polar surface area (TPSA) is 99.9 Å². The molecule has 0 unspecified atom stereocenters. The number of hydrogen-bond acceptors (Lipinski definition) is 6. The summed E-state index contributed by atoms with van der Waals surface area (Å²) in [6.07, 6.45) is 0. The van der Waals surface area contributed by atoms with E-state index in [9.17, 15) is 0 Å². The summed E-state index contributed by atoms with van der Waals surface area (Å²) in [6.45, 7) is 6.11. The van der Waals surface area contributed by atoms with Crippen LogP contribution < -0.4 is 11.5 Å². The predicted octanol–water partition coefficient (Wildman–Crippen LogP) is 0.351. The van der Waals surface area contributed by atoms with Crippen molar-refractivity contribution < 1.29 is 4.74 Å². The molecule has 6 nitrogen and oxygen atoms in total. The molecule has 4 N–H and O–H groups in total. The van der Waals surface area contributed by atoms with Crippen molar-refractivity contribution in [1.82, 2.24) is 15.0 Å². The summed E-state index contributed by atoms with van der Waals surface area (Å²) in [4.78, 5) is 11.4. The lowest BCUT2D eigenvalue weighted by Crippen LogP contribution is -2.20. The molecule has 0 radical (unpaired) electrons. The Morgan fingerprint density at radius 1 is 1.07 bits per heavy atom. The van der Waals surface area contributed by atoms with Gasteiger partial charge in [-0.1, -0.05) is 0 Å². The van der Waals surface area contributed by atoms with Gasteiger partial charge in [0.1, 0.15) is 6.61 Å². The van der Waals surface area contributed by atoms with Crippen LogP contribution in [0.2, 0.25) is 0 Å². The van der Waals surface area contributed by atoms with E-state index in [1.54, 1.807) is 0 Å². The number of rotatable bonds is 2. The minimum atomic E-state index is -0.240. The van der Waals surface area contributed by atoms with Gasteiger partial charge in [-0.3, -0.25) is 0 Å². The highest BCUT2D eigenvalue weighted by molar-refractivity contribution is 5.25. The van der Waals surface area contributed by atoms with Gasteiger partial charge in [-0.2, -0.15) is 15.0 Å². The van der Waals surface area contributed by atoms with Crippen molar-refractivity contribution in [2.24, 2.45) is 0 Å². The number of nitrogens with zero attached hydrogens (tertiary/aromatic N) is 3. The highest BCUT2D eigenvalue weighted by Gasteiger charge is 2.11. The third kappa shape index (κ3) is 3.53. The van der Waals surface area contributed by atoms with Gasteiger partial charge in [0.15, 0.2) is 5.82 Å². The summed E-state index contributed by atoms with van der Waals surface area (Å²) in [5.41, 5.74) is 10.6. The van der Waals surface area contributed by atoms with E-state index in [-0.39, 0.29) is 24.1 Å². The molecule has 0 bridgehead atoms. The molecule has 0 spiro atoms. The molecule has 0 fully saturated rings. The number of ether oxygens (including phenoxy) is 1. The van der Waals surface area contributed by atoms with Gasteiger partial charge in [0.25, 0.3) is 0 Å². The van der Waals surface area contributed by atoms with E-state index in [2.05, 4.69) is 15.0 Å². The molecule has 6 heteroatoms. The molecule has 0 saturated carbocycles. The van der Waals surface area contributed by atoms with Crippen LogP contribution in [0.5, 0.6) is 0 Å². The van der Waals surface area contributed by atoms with E-state index < -0.39 is 0 Å². The van der Waals surface area contributed by atoms with Crippen molar-refractivity contribution in [2.75, 3.05) is 11.5 Å². The van der Waals surface area contributed by atoms with E-state index >= 15 is 0 Å². The molecule has 1 rings (SSSR count). The molecule has 1 heterocycles. The highest BCUT2D eigenvalue weighted by Crippen LogP contribution is 2.10. The zero-order valence-corrected chi connectivity index (χ0v) is 8.61. The minimum absolute atomic E-state index is 0.116. The third-order valence-corrected chi connectivity index (χ3v) is 1.35. The first kappa shape index (κ1) is 10.6. The van der Waals surface area contributed by atoms with Gasteiger partial charge < -0.3 is 16.2 Å². The number of hydrogen-bond donors (Lipinski definition) is 2. The molecule has 0 atom stereocenters. The van der Waals surface area contributed by atoms with Crippen molar-refractivity contribution in [3.63, 3.8) is 0 Å². The smallest absolute Gasteiger partial charge is 0.225 e. The molecule has 0 aliphatic rings. The average Bonchev–Trinajstić information content (AvgIpc) is 1.97. The highest BCUT2D eigenvalue weighted by atomic mass is 16.5. The van der Waals surface area contributed by atoms with Gasteiger partial charge >= 0.3 is 0 Å². The number of nitrogen functional groups attached to an aromatic ring is 2. The fourth-order valence-electron chi connectivity index (χ4n) is 0.802. The first-order valence-corrected chi connectivity index (χ1v) is 4.27. The van der Waals surface area contributed by atoms with Crippen molar-refractivity contribution >= 4 is 11.9 Å². The third-order valence-electron chi connectivity index (χ3n) is 1.35. The lowest BCUT2D eigenvalue weighted by molar-refractivity contribution is -0.0181. The van der Waals surface area contributed by atoms with Crippen LogP contribution in [-0.4, -0.2) is 20.6 Å². The van der Waals surface area contributed by atoms with Gasteiger partial charge in [0.05, 0.1) is 5.60 Å². The van der Waals surface area contributed by atoms with Gasteiger partial charge in [-0.15, -0.1) is 0 Å². The zero-order chi connectivity index (χ0) is 10.8. The van der Waals surface area contributed by atoms with Gasteiger partial charge in [0, 0.05) is 0 Å². The van der Waals surface area contributed by atoms with Gasteiger partial charge in [0.2, 0.25) is 11.9 Å². The maximum Gasteiger partial charge on any atom is 0.225 e. The van der Waals surface area contributed by atoms with E-state index in [0.29, 0.717) is 5.82 Å². The summed E-state index contributed by atoms with van der Waals surface area (Å²) >= 11 is 0. The molecular weight excluding hydrogens is 182 g/mol. The Morgan fingerprint density at radius 3 is 2.00 bits per heavy atom. The SMILES string of the molecule is CC(C)(C)OCc1nc(N)nc(N)n1. The van der Waals surface area contributed by atoms with Crippen molar-refractivity contribution in [3.05, 3.63) is 5.82 Å². The Morgan fingerprint density at radius 2 is 1.57 bits per heavy atom.